The van der Waals surface area contributed by atoms with Crippen molar-refractivity contribution in [1.29, 1.82) is 0 Å². The molecule has 0 aliphatic carbocycles. The zero-order valence-electron chi connectivity index (χ0n) is 12.2. The number of thiazole rings is 1. The highest BCUT2D eigenvalue weighted by molar-refractivity contribution is 7.91. The van der Waals surface area contributed by atoms with Gasteiger partial charge in [0.05, 0.1) is 11.3 Å². The molecule has 126 valence electrons. The fraction of sp³-hybridized carbons (Fsp3) is 0.214. The summed E-state index contributed by atoms with van der Waals surface area (Å²) in [5.41, 5.74) is -0.640. The number of hydrogen-bond donors (Lipinski definition) is 0. The van der Waals surface area contributed by atoms with Gasteiger partial charge >= 0.3 is 16.0 Å². The minimum absolute atomic E-state index is 0.00688. The van der Waals surface area contributed by atoms with Gasteiger partial charge in [-0.15, -0.1) is 0 Å². The standard InChI is InChI=1S/C14H10F3N3O2S2/c1-2-24(21,22)10-4-3-5-18-11(10)13-20-9-6-8(14(15,16)17)7-19-12(9)23-13/h3-7H,2H2,1H3/p+1. The maximum Gasteiger partial charge on any atom is 0.417 e. The second-order valence-corrected chi connectivity index (χ2v) is 8.12. The third kappa shape index (κ3) is 2.98. The molecule has 3 heterocycles. The number of aromatic nitrogens is 3. The number of alkyl halides is 3. The van der Waals surface area contributed by atoms with Crippen LogP contribution in [0, 0.1) is 0 Å². The molecule has 1 N–H and O–H groups in total. The summed E-state index contributed by atoms with van der Waals surface area (Å²) in [6.45, 7) is 1.56. The molecule has 0 aliphatic rings. The lowest BCUT2D eigenvalue weighted by atomic mass is 10.3. The van der Waals surface area contributed by atoms with E-state index in [1.54, 1.807) is 6.92 Å². The lowest BCUT2D eigenvalue weighted by Crippen LogP contribution is -2.06. The Kier molecular flexibility index (Phi) is 4.04. The molecule has 0 aromatic carbocycles. The number of hydrogen-bond acceptors (Lipinski definition) is 5. The summed E-state index contributed by atoms with van der Waals surface area (Å²) >= 11 is 1.02. The molecule has 0 radical (unpaired) electrons. The molecular weight excluding hydrogens is 363 g/mol. The average molecular weight is 374 g/mol. The topological polar surface area (TPSA) is 77.1 Å². The van der Waals surface area contributed by atoms with Gasteiger partial charge in [-0.2, -0.15) is 17.4 Å². The van der Waals surface area contributed by atoms with Crippen LogP contribution in [0.15, 0.2) is 35.5 Å². The van der Waals surface area contributed by atoms with Gasteiger partial charge in [-0.05, 0) is 25.1 Å². The summed E-state index contributed by atoms with van der Waals surface area (Å²) in [4.78, 5) is 12.4. The average Bonchev–Trinajstić information content (AvgIpc) is 2.97. The zero-order valence-corrected chi connectivity index (χ0v) is 13.9. The molecule has 1 atom stereocenters. The van der Waals surface area contributed by atoms with E-state index in [9.17, 15) is 21.6 Å². The molecule has 10 heteroatoms. The van der Waals surface area contributed by atoms with E-state index in [1.165, 1.54) is 18.3 Å². The van der Waals surface area contributed by atoms with Crippen LogP contribution in [0.2, 0.25) is 0 Å². The van der Waals surface area contributed by atoms with Crippen molar-refractivity contribution in [2.45, 2.75) is 18.0 Å². The van der Waals surface area contributed by atoms with Crippen molar-refractivity contribution in [2.24, 2.45) is 0 Å². The van der Waals surface area contributed by atoms with Gasteiger partial charge in [-0.25, -0.2) is 14.2 Å². The largest absolute Gasteiger partial charge is 0.417 e. The lowest BCUT2D eigenvalue weighted by Gasteiger charge is -2.04. The first-order valence-electron chi connectivity index (χ1n) is 6.76. The van der Waals surface area contributed by atoms with Crippen LogP contribution >= 0.6 is 11.3 Å². The summed E-state index contributed by atoms with van der Waals surface area (Å²) in [6.07, 6.45) is -2.34. The normalized spacial score (nSPS) is 14.7. The third-order valence-corrected chi connectivity index (χ3v) is 6.07. The van der Waals surface area contributed by atoms with Crippen molar-refractivity contribution < 1.29 is 21.6 Å². The van der Waals surface area contributed by atoms with Crippen LogP contribution in [-0.4, -0.2) is 29.1 Å². The molecule has 0 saturated heterocycles. The van der Waals surface area contributed by atoms with Gasteiger partial charge in [-0.1, -0.05) is 11.3 Å². The zero-order chi connectivity index (χ0) is 17.5. The van der Waals surface area contributed by atoms with Gasteiger partial charge in [0, 0.05) is 12.4 Å². The molecule has 0 fully saturated rings. The molecule has 0 aliphatic heterocycles. The summed E-state index contributed by atoms with van der Waals surface area (Å²) in [5, 5.41) is 0.252. The third-order valence-electron chi connectivity index (χ3n) is 3.28. The van der Waals surface area contributed by atoms with E-state index in [-0.39, 0.29) is 26.9 Å². The Morgan fingerprint density at radius 1 is 1.33 bits per heavy atom. The van der Waals surface area contributed by atoms with E-state index in [4.69, 9.17) is 0 Å². The predicted molar refractivity (Wildman–Crippen MR) is 84.5 cm³/mol. The molecule has 1 unspecified atom stereocenters. The van der Waals surface area contributed by atoms with Crippen LogP contribution in [-0.2, 0) is 16.0 Å². The number of rotatable bonds is 3. The molecule has 3 aromatic rings. The van der Waals surface area contributed by atoms with Crippen LogP contribution in [0.5, 0.6) is 0 Å². The lowest BCUT2D eigenvalue weighted by molar-refractivity contribution is -0.137. The maximum absolute atomic E-state index is 12.8. The van der Waals surface area contributed by atoms with E-state index in [0.717, 1.165) is 23.6 Å². The molecule has 24 heavy (non-hydrogen) atoms. The smallest absolute Gasteiger partial charge is 0.252 e. The van der Waals surface area contributed by atoms with E-state index >= 15 is 0 Å². The van der Waals surface area contributed by atoms with E-state index in [1.807, 2.05) is 0 Å². The number of fused-ring (bicyclic) bond motifs is 1. The van der Waals surface area contributed by atoms with Crippen LogP contribution in [0.1, 0.15) is 12.5 Å². The highest BCUT2D eigenvalue weighted by Crippen LogP contribution is 2.35. The first kappa shape index (κ1) is 16.8. The highest BCUT2D eigenvalue weighted by atomic mass is 32.2. The van der Waals surface area contributed by atoms with Gasteiger partial charge in [0.2, 0.25) is 0 Å². The van der Waals surface area contributed by atoms with Gasteiger partial charge in [0.25, 0.3) is 0 Å². The molecule has 0 saturated carbocycles. The van der Waals surface area contributed by atoms with Gasteiger partial charge in [0.1, 0.15) is 25.9 Å². The Bertz CT molecular complexity index is 1010. The Labute approximate surface area is 139 Å². The Morgan fingerprint density at radius 3 is 2.75 bits per heavy atom. The first-order valence-corrected chi connectivity index (χ1v) is 9.26. The van der Waals surface area contributed by atoms with Crippen LogP contribution in [0.3, 0.4) is 0 Å². The van der Waals surface area contributed by atoms with E-state index < -0.39 is 21.6 Å². The number of halogens is 3. The number of pyridine rings is 2. The summed E-state index contributed by atoms with van der Waals surface area (Å²) < 4.78 is 60.6. The second kappa shape index (κ2) is 5.78. The summed E-state index contributed by atoms with van der Waals surface area (Å²) in [6, 6.07) is 3.90. The van der Waals surface area contributed by atoms with Crippen molar-refractivity contribution in [1.82, 2.24) is 15.0 Å². The molecule has 3 aromatic heterocycles. The van der Waals surface area contributed by atoms with Crippen molar-refractivity contribution in [3.05, 3.63) is 36.2 Å². The van der Waals surface area contributed by atoms with Crippen LogP contribution < -0.4 is 0 Å². The fourth-order valence-corrected chi connectivity index (χ4v) is 4.06. The van der Waals surface area contributed by atoms with E-state index in [2.05, 4.69) is 15.0 Å². The SMILES string of the molecule is CCS(=O)(=[OH+])c1cccnc1-c1nc2cc(C(F)(F)F)cnc2s1. The first-order chi connectivity index (χ1) is 11.2. The molecule has 3 rings (SSSR count). The minimum Gasteiger partial charge on any atom is -0.252 e. The Hall–Kier alpha value is -2.07. The van der Waals surface area contributed by atoms with Crippen LogP contribution in [0.4, 0.5) is 13.2 Å². The van der Waals surface area contributed by atoms with Crippen molar-refractivity contribution in [3.63, 3.8) is 0 Å². The Balaban J connectivity index is 2.18. The molecule has 0 bridgehead atoms. The monoisotopic (exact) mass is 374 g/mol. The van der Waals surface area contributed by atoms with E-state index in [0.29, 0.717) is 4.83 Å². The minimum atomic E-state index is -4.51. The Morgan fingerprint density at radius 2 is 2.08 bits per heavy atom. The van der Waals surface area contributed by atoms with Crippen molar-refractivity contribution in [2.75, 3.05) is 5.75 Å². The quantitative estimate of drug-likeness (QED) is 0.655. The molecule has 0 amide bonds. The predicted octanol–water partition coefficient (Wildman–Crippen LogP) is 3.72. The van der Waals surface area contributed by atoms with Crippen LogP contribution in [0.25, 0.3) is 21.0 Å². The molecule has 0 spiro atoms. The van der Waals surface area contributed by atoms with Gasteiger partial charge in [0.15, 0.2) is 0 Å². The number of nitrogens with zero attached hydrogens (tertiary/aromatic N) is 3. The van der Waals surface area contributed by atoms with Crippen molar-refractivity contribution in [3.8, 4) is 10.7 Å². The summed E-state index contributed by atoms with van der Waals surface area (Å²) in [7, 11) is -3.29. The van der Waals surface area contributed by atoms with Crippen molar-refractivity contribution >= 4 is 31.5 Å². The molecule has 5 nitrogen and oxygen atoms in total. The summed E-state index contributed by atoms with van der Waals surface area (Å²) in [5.74, 6) is -0.00688. The van der Waals surface area contributed by atoms with Gasteiger partial charge < -0.3 is 0 Å². The second-order valence-electron chi connectivity index (χ2n) is 4.84. The highest BCUT2D eigenvalue weighted by Gasteiger charge is 2.32. The molecular formula is C14H11F3N3O2S2+. The fourth-order valence-electron chi connectivity index (χ4n) is 2.04. The van der Waals surface area contributed by atoms with Gasteiger partial charge in [-0.3, -0.25) is 4.98 Å². The maximum atomic E-state index is 12.8.